The molecule has 0 N–H and O–H groups in total. The largest absolute Gasteiger partial charge is 0.381 e. The average Bonchev–Trinajstić information content (AvgIpc) is 2.78. The highest BCUT2D eigenvalue weighted by Crippen LogP contribution is 2.27. The van der Waals surface area contributed by atoms with Gasteiger partial charge in [-0.1, -0.05) is 0 Å². The van der Waals surface area contributed by atoms with Gasteiger partial charge >= 0.3 is 0 Å². The molecule has 5 nitrogen and oxygen atoms in total. The first kappa shape index (κ1) is 10.8. The van der Waals surface area contributed by atoms with Crippen LogP contribution in [0.25, 0.3) is 0 Å². The van der Waals surface area contributed by atoms with E-state index in [0.29, 0.717) is 18.3 Å². The lowest BCUT2D eigenvalue weighted by molar-refractivity contribution is 0.0631. The zero-order valence-corrected chi connectivity index (χ0v) is 9.69. The first-order valence-electron chi connectivity index (χ1n) is 6.06. The molecule has 2 aliphatic heterocycles. The van der Waals surface area contributed by atoms with Crippen molar-refractivity contribution in [2.24, 2.45) is 0 Å². The molecule has 0 spiro atoms. The zero-order chi connectivity index (χ0) is 11.7. The predicted octanol–water partition coefficient (Wildman–Crippen LogP) is 1.18. The highest BCUT2D eigenvalue weighted by molar-refractivity contribution is 5.36. The fourth-order valence-electron chi connectivity index (χ4n) is 2.59. The lowest BCUT2D eigenvalue weighted by Gasteiger charge is -2.25. The van der Waals surface area contributed by atoms with Crippen molar-refractivity contribution in [2.75, 3.05) is 19.8 Å². The SMILES string of the molecule is N#Cc1nn(C2CCOCC2)c2c1COCC2. The number of ether oxygens (including phenoxy) is 2. The van der Waals surface area contributed by atoms with E-state index in [-0.39, 0.29) is 0 Å². The topological polar surface area (TPSA) is 60.1 Å². The Bertz CT molecular complexity index is 455. The summed E-state index contributed by atoms with van der Waals surface area (Å²) in [5.74, 6) is 0. The van der Waals surface area contributed by atoms with Crippen LogP contribution in [0, 0.1) is 11.3 Å². The summed E-state index contributed by atoms with van der Waals surface area (Å²) in [4.78, 5) is 0. The maximum Gasteiger partial charge on any atom is 0.168 e. The van der Waals surface area contributed by atoms with Crippen LogP contribution in [0.15, 0.2) is 0 Å². The lowest BCUT2D eigenvalue weighted by Crippen LogP contribution is -2.23. The molecule has 5 heteroatoms. The molecule has 0 radical (unpaired) electrons. The standard InChI is InChI=1S/C12H15N3O2/c13-7-11-10-8-17-6-3-12(10)15(14-11)9-1-4-16-5-2-9/h9H,1-6,8H2. The van der Waals surface area contributed by atoms with Crippen LogP contribution in [0.1, 0.15) is 35.8 Å². The van der Waals surface area contributed by atoms with Gasteiger partial charge in [0.2, 0.25) is 0 Å². The summed E-state index contributed by atoms with van der Waals surface area (Å²) >= 11 is 0. The van der Waals surface area contributed by atoms with Gasteiger partial charge in [-0.2, -0.15) is 10.4 Å². The summed E-state index contributed by atoms with van der Waals surface area (Å²) in [5, 5.41) is 13.6. The summed E-state index contributed by atoms with van der Waals surface area (Å²) in [5.41, 5.74) is 2.72. The number of nitriles is 1. The second-order valence-electron chi connectivity index (χ2n) is 4.48. The second-order valence-corrected chi connectivity index (χ2v) is 4.48. The summed E-state index contributed by atoms with van der Waals surface area (Å²) in [6, 6.07) is 2.56. The minimum absolute atomic E-state index is 0.387. The third kappa shape index (κ3) is 1.84. The van der Waals surface area contributed by atoms with E-state index >= 15 is 0 Å². The molecule has 0 bridgehead atoms. The maximum atomic E-state index is 9.10. The molecule has 1 aromatic heterocycles. The van der Waals surface area contributed by atoms with Crippen molar-refractivity contribution in [3.8, 4) is 6.07 Å². The van der Waals surface area contributed by atoms with Gasteiger partial charge in [0, 0.05) is 30.9 Å². The average molecular weight is 233 g/mol. The zero-order valence-electron chi connectivity index (χ0n) is 9.69. The van der Waals surface area contributed by atoms with Gasteiger partial charge in [-0.3, -0.25) is 4.68 Å². The third-order valence-corrected chi connectivity index (χ3v) is 3.49. The number of hydrogen-bond donors (Lipinski definition) is 0. The van der Waals surface area contributed by atoms with Crippen LogP contribution in [-0.4, -0.2) is 29.6 Å². The molecular weight excluding hydrogens is 218 g/mol. The monoisotopic (exact) mass is 233 g/mol. The molecule has 0 saturated carbocycles. The van der Waals surface area contributed by atoms with Gasteiger partial charge in [-0.25, -0.2) is 0 Å². The van der Waals surface area contributed by atoms with Gasteiger partial charge in [0.1, 0.15) is 6.07 Å². The van der Waals surface area contributed by atoms with Crippen molar-refractivity contribution in [1.82, 2.24) is 9.78 Å². The van der Waals surface area contributed by atoms with Gasteiger partial charge in [0.25, 0.3) is 0 Å². The van der Waals surface area contributed by atoms with Crippen molar-refractivity contribution >= 4 is 0 Å². The predicted molar refractivity (Wildman–Crippen MR) is 59.4 cm³/mol. The van der Waals surface area contributed by atoms with Crippen LogP contribution >= 0.6 is 0 Å². The van der Waals surface area contributed by atoms with E-state index in [1.807, 2.05) is 0 Å². The molecule has 1 saturated heterocycles. The molecule has 0 aromatic carbocycles. The van der Waals surface area contributed by atoms with Crippen LogP contribution in [0.3, 0.4) is 0 Å². The Balaban J connectivity index is 1.98. The molecule has 90 valence electrons. The molecule has 2 aliphatic rings. The lowest BCUT2D eigenvalue weighted by atomic mass is 10.1. The van der Waals surface area contributed by atoms with Crippen LogP contribution in [0.5, 0.6) is 0 Å². The molecule has 0 amide bonds. The summed E-state index contributed by atoms with van der Waals surface area (Å²) in [7, 11) is 0. The minimum atomic E-state index is 0.387. The molecule has 3 rings (SSSR count). The number of rotatable bonds is 1. The molecular formula is C12H15N3O2. The Morgan fingerprint density at radius 2 is 2.06 bits per heavy atom. The fourth-order valence-corrected chi connectivity index (χ4v) is 2.59. The quantitative estimate of drug-likeness (QED) is 0.730. The van der Waals surface area contributed by atoms with Crippen molar-refractivity contribution < 1.29 is 9.47 Å². The Hall–Kier alpha value is -1.38. The normalized spacial score (nSPS) is 20.9. The van der Waals surface area contributed by atoms with Crippen molar-refractivity contribution in [3.05, 3.63) is 17.0 Å². The van der Waals surface area contributed by atoms with Crippen LogP contribution < -0.4 is 0 Å². The number of fused-ring (bicyclic) bond motifs is 1. The Kier molecular flexibility index (Phi) is 2.83. The van der Waals surface area contributed by atoms with Crippen LogP contribution in [0.2, 0.25) is 0 Å². The van der Waals surface area contributed by atoms with Gasteiger partial charge in [0.05, 0.1) is 19.3 Å². The molecule has 1 aromatic rings. The molecule has 0 aliphatic carbocycles. The first-order valence-corrected chi connectivity index (χ1v) is 6.06. The number of nitrogens with zero attached hydrogens (tertiary/aromatic N) is 3. The Morgan fingerprint density at radius 1 is 1.24 bits per heavy atom. The number of aromatic nitrogens is 2. The second kappa shape index (κ2) is 4.47. The third-order valence-electron chi connectivity index (χ3n) is 3.49. The van der Waals surface area contributed by atoms with Crippen molar-refractivity contribution in [1.29, 1.82) is 5.26 Å². The molecule has 0 atom stereocenters. The van der Waals surface area contributed by atoms with Gasteiger partial charge < -0.3 is 9.47 Å². The van der Waals surface area contributed by atoms with E-state index in [1.54, 1.807) is 0 Å². The van der Waals surface area contributed by atoms with E-state index in [2.05, 4.69) is 15.8 Å². The first-order chi connectivity index (χ1) is 8.40. The van der Waals surface area contributed by atoms with Crippen LogP contribution in [0.4, 0.5) is 0 Å². The van der Waals surface area contributed by atoms with E-state index in [0.717, 1.165) is 44.6 Å². The highest BCUT2D eigenvalue weighted by Gasteiger charge is 2.26. The van der Waals surface area contributed by atoms with E-state index in [9.17, 15) is 0 Å². The minimum Gasteiger partial charge on any atom is -0.381 e. The van der Waals surface area contributed by atoms with Gasteiger partial charge in [0.15, 0.2) is 5.69 Å². The molecule has 1 fully saturated rings. The van der Waals surface area contributed by atoms with Crippen molar-refractivity contribution in [3.63, 3.8) is 0 Å². The summed E-state index contributed by atoms with van der Waals surface area (Å²) < 4.78 is 12.8. The van der Waals surface area contributed by atoms with E-state index < -0.39 is 0 Å². The highest BCUT2D eigenvalue weighted by atomic mass is 16.5. The Labute approximate surface area is 99.9 Å². The summed E-state index contributed by atoms with van der Waals surface area (Å²) in [6.45, 7) is 2.84. The number of hydrogen-bond acceptors (Lipinski definition) is 4. The van der Waals surface area contributed by atoms with Crippen LogP contribution in [-0.2, 0) is 22.5 Å². The van der Waals surface area contributed by atoms with Gasteiger partial charge in [-0.15, -0.1) is 0 Å². The molecule has 0 unspecified atom stereocenters. The smallest absolute Gasteiger partial charge is 0.168 e. The molecule has 3 heterocycles. The van der Waals surface area contributed by atoms with Crippen molar-refractivity contribution in [2.45, 2.75) is 31.9 Å². The molecule has 17 heavy (non-hydrogen) atoms. The van der Waals surface area contributed by atoms with E-state index in [4.69, 9.17) is 14.7 Å². The van der Waals surface area contributed by atoms with Gasteiger partial charge in [-0.05, 0) is 12.8 Å². The maximum absolute atomic E-state index is 9.10. The van der Waals surface area contributed by atoms with E-state index in [1.165, 1.54) is 5.69 Å². The fraction of sp³-hybridized carbons (Fsp3) is 0.667. The Morgan fingerprint density at radius 3 is 2.82 bits per heavy atom. The summed E-state index contributed by atoms with van der Waals surface area (Å²) in [6.07, 6.45) is 2.83.